The molecule has 8 heteroatoms. The van der Waals surface area contributed by atoms with Gasteiger partial charge in [0.05, 0.1) is 35.8 Å². The van der Waals surface area contributed by atoms with Crippen LogP contribution in [0.25, 0.3) is 11.0 Å². The van der Waals surface area contributed by atoms with E-state index in [-0.39, 0.29) is 16.8 Å². The van der Waals surface area contributed by atoms with E-state index in [0.29, 0.717) is 59.1 Å². The van der Waals surface area contributed by atoms with Crippen molar-refractivity contribution in [1.82, 2.24) is 0 Å². The highest BCUT2D eigenvalue weighted by Gasteiger charge is 2.44. The van der Waals surface area contributed by atoms with Gasteiger partial charge in [-0.25, -0.2) is 4.79 Å². The van der Waals surface area contributed by atoms with Gasteiger partial charge in [0, 0.05) is 5.69 Å². The van der Waals surface area contributed by atoms with Gasteiger partial charge in [-0.15, -0.1) is 0 Å². The summed E-state index contributed by atoms with van der Waals surface area (Å²) in [5.74, 6) is 0.129. The Morgan fingerprint density at radius 3 is 2.32 bits per heavy atom. The van der Waals surface area contributed by atoms with Gasteiger partial charge in [0.15, 0.2) is 16.9 Å². The van der Waals surface area contributed by atoms with Crippen LogP contribution in [-0.4, -0.2) is 25.1 Å². The van der Waals surface area contributed by atoms with E-state index >= 15 is 0 Å². The van der Waals surface area contributed by atoms with E-state index in [9.17, 15) is 14.4 Å². The van der Waals surface area contributed by atoms with Gasteiger partial charge < -0.3 is 18.6 Å². The Balaban J connectivity index is 1.45. The Bertz CT molecular complexity index is 2000. The Morgan fingerprint density at radius 2 is 1.60 bits per heavy atom. The van der Waals surface area contributed by atoms with Crippen LogP contribution in [-0.2, 0) is 11.3 Å². The van der Waals surface area contributed by atoms with Gasteiger partial charge in [-0.3, -0.25) is 14.5 Å². The molecule has 1 atom stereocenters. The number of benzene rings is 4. The van der Waals surface area contributed by atoms with Crippen molar-refractivity contribution in [3.05, 3.63) is 134 Å². The lowest BCUT2D eigenvalue weighted by Crippen LogP contribution is -2.29. The lowest BCUT2D eigenvalue weighted by molar-refractivity contribution is 0.0499. The summed E-state index contributed by atoms with van der Waals surface area (Å²) in [5.41, 5.74) is 4.74. The molecule has 1 aromatic heterocycles. The zero-order chi connectivity index (χ0) is 33.1. The summed E-state index contributed by atoms with van der Waals surface area (Å²) in [6.45, 7) is 8.85. The van der Waals surface area contributed by atoms with E-state index in [1.807, 2.05) is 76.2 Å². The molecule has 4 aromatic carbocycles. The Kier molecular flexibility index (Phi) is 9.11. The third-order valence-electron chi connectivity index (χ3n) is 8.42. The van der Waals surface area contributed by atoms with Crippen LogP contribution in [0.1, 0.15) is 81.5 Å². The fourth-order valence-corrected chi connectivity index (χ4v) is 5.78. The monoisotopic (exact) mass is 631 g/mol. The number of carbonyl (C=O) groups excluding carboxylic acids is 2. The summed E-state index contributed by atoms with van der Waals surface area (Å²) in [6, 6.07) is 24.7. The van der Waals surface area contributed by atoms with E-state index in [1.54, 1.807) is 36.4 Å². The molecule has 1 aliphatic heterocycles. The lowest BCUT2D eigenvalue weighted by atomic mass is 9.96. The molecule has 0 spiro atoms. The molecule has 0 radical (unpaired) electrons. The van der Waals surface area contributed by atoms with Crippen LogP contribution < -0.4 is 19.8 Å². The minimum atomic E-state index is -0.829. The number of nitrogens with zero attached hydrogens (tertiary/aromatic N) is 1. The second kappa shape index (κ2) is 13.5. The molecule has 0 aliphatic carbocycles. The Hall–Kier alpha value is -5.37. The van der Waals surface area contributed by atoms with Crippen LogP contribution in [0.15, 0.2) is 94.1 Å². The zero-order valence-electron chi connectivity index (χ0n) is 27.0. The highest BCUT2D eigenvalue weighted by atomic mass is 16.5. The van der Waals surface area contributed by atoms with Crippen molar-refractivity contribution in [2.75, 3.05) is 18.1 Å². The molecular weight excluding hydrogens is 594 g/mol. The Labute approximate surface area is 273 Å². The number of unbranched alkanes of at least 4 members (excludes halogenated alkanes) is 1. The molecule has 0 N–H and O–H groups in total. The number of carbonyl (C=O) groups is 2. The van der Waals surface area contributed by atoms with Crippen LogP contribution in [0.4, 0.5) is 5.69 Å². The maximum atomic E-state index is 14.2. The minimum absolute atomic E-state index is 0.0128. The molecule has 8 nitrogen and oxygen atoms in total. The van der Waals surface area contributed by atoms with Crippen molar-refractivity contribution in [3.8, 4) is 11.5 Å². The number of fused-ring (bicyclic) bond motifs is 2. The van der Waals surface area contributed by atoms with Crippen molar-refractivity contribution in [2.45, 2.75) is 53.2 Å². The van der Waals surface area contributed by atoms with Gasteiger partial charge >= 0.3 is 5.97 Å². The predicted molar refractivity (Wildman–Crippen MR) is 181 cm³/mol. The number of aryl methyl sites for hydroxylation is 2. The first kappa shape index (κ1) is 31.6. The third-order valence-corrected chi connectivity index (χ3v) is 8.42. The molecule has 6 rings (SSSR count). The molecule has 0 bridgehead atoms. The Morgan fingerprint density at radius 1 is 0.851 bits per heavy atom. The summed E-state index contributed by atoms with van der Waals surface area (Å²) >= 11 is 0. The third kappa shape index (κ3) is 6.23. The SMILES string of the molecule is CCCCOC(=O)c1ccc(N2C(=O)c3oc4cc(C)c(C)cc4c(=O)c3C2c2ccc(OCc3ccccc3)c(OCC)c2)cc1. The second-order valence-electron chi connectivity index (χ2n) is 11.6. The molecule has 1 aliphatic rings. The van der Waals surface area contributed by atoms with E-state index in [4.69, 9.17) is 18.6 Å². The smallest absolute Gasteiger partial charge is 0.338 e. The standard InChI is InChI=1S/C39H37NO7/c1-5-7-19-45-39(43)27-13-16-29(17-14-27)40-35(34-36(41)30-20-24(3)25(4)21-32(30)47-37(34)38(40)42)28-15-18-31(33(22-28)44-6-2)46-23-26-11-9-8-10-12-26/h8-18,20-22,35H,5-7,19,23H2,1-4H3. The topological polar surface area (TPSA) is 95.3 Å². The summed E-state index contributed by atoms with van der Waals surface area (Å²) in [7, 11) is 0. The van der Waals surface area contributed by atoms with E-state index in [2.05, 4.69) is 0 Å². The highest BCUT2D eigenvalue weighted by molar-refractivity contribution is 6.11. The van der Waals surface area contributed by atoms with Crippen LogP contribution >= 0.6 is 0 Å². The maximum Gasteiger partial charge on any atom is 0.338 e. The summed E-state index contributed by atoms with van der Waals surface area (Å²) in [4.78, 5) is 42.6. The number of ether oxygens (including phenoxy) is 3. The number of amides is 1. The second-order valence-corrected chi connectivity index (χ2v) is 11.6. The van der Waals surface area contributed by atoms with Gasteiger partial charge in [-0.2, -0.15) is 0 Å². The summed E-state index contributed by atoms with van der Waals surface area (Å²) < 4.78 is 23.7. The molecule has 47 heavy (non-hydrogen) atoms. The van der Waals surface area contributed by atoms with Crippen molar-refractivity contribution >= 4 is 28.5 Å². The van der Waals surface area contributed by atoms with E-state index < -0.39 is 17.9 Å². The largest absolute Gasteiger partial charge is 0.490 e. The quantitative estimate of drug-likeness (QED) is 0.107. The molecule has 0 fully saturated rings. The average molecular weight is 632 g/mol. The first-order chi connectivity index (χ1) is 22.8. The normalized spacial score (nSPS) is 13.9. The molecular formula is C39H37NO7. The highest BCUT2D eigenvalue weighted by Crippen LogP contribution is 2.43. The van der Waals surface area contributed by atoms with E-state index in [1.165, 1.54) is 4.90 Å². The minimum Gasteiger partial charge on any atom is -0.490 e. The first-order valence-corrected chi connectivity index (χ1v) is 15.9. The zero-order valence-corrected chi connectivity index (χ0v) is 27.0. The van der Waals surface area contributed by atoms with Crippen LogP contribution in [0.5, 0.6) is 11.5 Å². The number of rotatable bonds is 11. The van der Waals surface area contributed by atoms with Crippen molar-refractivity contribution in [3.63, 3.8) is 0 Å². The number of anilines is 1. The van der Waals surface area contributed by atoms with Gasteiger partial charge in [-0.05, 0) is 98.0 Å². The number of hydrogen-bond acceptors (Lipinski definition) is 7. The van der Waals surface area contributed by atoms with Crippen molar-refractivity contribution in [2.24, 2.45) is 0 Å². The van der Waals surface area contributed by atoms with Gasteiger partial charge in [0.1, 0.15) is 12.2 Å². The van der Waals surface area contributed by atoms with Crippen LogP contribution in [0.3, 0.4) is 0 Å². The summed E-state index contributed by atoms with van der Waals surface area (Å²) in [6.07, 6.45) is 1.69. The molecule has 0 saturated carbocycles. The summed E-state index contributed by atoms with van der Waals surface area (Å²) in [5, 5.41) is 0.407. The number of hydrogen-bond donors (Lipinski definition) is 0. The lowest BCUT2D eigenvalue weighted by Gasteiger charge is -2.26. The molecule has 5 aromatic rings. The number of esters is 1. The maximum absolute atomic E-state index is 14.2. The molecule has 1 unspecified atom stereocenters. The molecule has 2 heterocycles. The van der Waals surface area contributed by atoms with E-state index in [0.717, 1.165) is 29.5 Å². The fraction of sp³-hybridized carbons (Fsp3) is 0.256. The predicted octanol–water partition coefficient (Wildman–Crippen LogP) is 8.09. The average Bonchev–Trinajstić information content (AvgIpc) is 3.37. The van der Waals surface area contributed by atoms with Crippen molar-refractivity contribution < 1.29 is 28.2 Å². The van der Waals surface area contributed by atoms with Crippen LogP contribution in [0, 0.1) is 13.8 Å². The molecule has 240 valence electrons. The fourth-order valence-electron chi connectivity index (χ4n) is 5.78. The van der Waals surface area contributed by atoms with Gasteiger partial charge in [0.25, 0.3) is 5.91 Å². The first-order valence-electron chi connectivity index (χ1n) is 15.9. The van der Waals surface area contributed by atoms with Gasteiger partial charge in [0.2, 0.25) is 5.76 Å². The van der Waals surface area contributed by atoms with Crippen molar-refractivity contribution in [1.29, 1.82) is 0 Å². The van der Waals surface area contributed by atoms with Crippen LogP contribution in [0.2, 0.25) is 0 Å². The molecule has 0 saturated heterocycles. The van der Waals surface area contributed by atoms with Gasteiger partial charge in [-0.1, -0.05) is 49.7 Å². The molecule has 1 amide bonds.